The van der Waals surface area contributed by atoms with Gasteiger partial charge in [0.2, 0.25) is 0 Å². The summed E-state index contributed by atoms with van der Waals surface area (Å²) >= 11 is 16.6. The van der Waals surface area contributed by atoms with Crippen LogP contribution >= 0.6 is 50.5 Å². The Morgan fingerprint density at radius 3 is 1.94 bits per heavy atom. The van der Waals surface area contributed by atoms with E-state index in [1.165, 1.54) is 25.7 Å². The monoisotopic (exact) mass is 314 g/mol. The van der Waals surface area contributed by atoms with Gasteiger partial charge < -0.3 is 5.11 Å². The first-order valence-corrected chi connectivity index (χ1v) is 7.67. The van der Waals surface area contributed by atoms with Crippen LogP contribution in [0.5, 0.6) is 0 Å². The molecule has 2 nitrogen and oxygen atoms in total. The van der Waals surface area contributed by atoms with Crippen molar-refractivity contribution in [3.05, 3.63) is 0 Å². The fraction of sp³-hybridized carbons (Fsp3) is 0.909. The SMILES string of the molecule is CCCCCCCCC(S)(S)C(S)(S)C(=O)O. The number of carbonyl (C=O) groups is 1. The summed E-state index contributed by atoms with van der Waals surface area (Å²) in [6, 6.07) is 0. The molecule has 0 spiro atoms. The summed E-state index contributed by atoms with van der Waals surface area (Å²) in [4.78, 5) is 11.0. The van der Waals surface area contributed by atoms with Crippen molar-refractivity contribution in [2.75, 3.05) is 0 Å². The van der Waals surface area contributed by atoms with Crippen LogP contribution in [0, 0.1) is 0 Å². The topological polar surface area (TPSA) is 37.3 Å². The van der Waals surface area contributed by atoms with Crippen LogP contribution in [0.15, 0.2) is 0 Å². The molecule has 0 aliphatic carbocycles. The van der Waals surface area contributed by atoms with E-state index in [4.69, 9.17) is 5.11 Å². The average molecular weight is 315 g/mol. The molecule has 0 rings (SSSR count). The Morgan fingerprint density at radius 1 is 1.00 bits per heavy atom. The Bertz CT molecular complexity index is 242. The summed E-state index contributed by atoms with van der Waals surface area (Å²) in [5.74, 6) is -1.11. The number of hydrogen-bond acceptors (Lipinski definition) is 5. The number of rotatable bonds is 9. The van der Waals surface area contributed by atoms with Crippen LogP contribution in [0.25, 0.3) is 0 Å². The van der Waals surface area contributed by atoms with Crippen molar-refractivity contribution in [1.82, 2.24) is 0 Å². The fourth-order valence-electron chi connectivity index (χ4n) is 1.50. The first-order valence-electron chi connectivity index (χ1n) is 5.88. The maximum atomic E-state index is 11.0. The highest BCUT2D eigenvalue weighted by Gasteiger charge is 2.47. The van der Waals surface area contributed by atoms with Gasteiger partial charge in [0, 0.05) is 0 Å². The first kappa shape index (κ1) is 17.9. The molecule has 0 bridgehead atoms. The number of carboxylic acid groups (broad SMARTS) is 1. The van der Waals surface area contributed by atoms with Gasteiger partial charge in [-0.1, -0.05) is 45.4 Å². The lowest BCUT2D eigenvalue weighted by atomic mass is 10.1. The number of carboxylic acids is 1. The molecule has 0 aliphatic heterocycles. The van der Waals surface area contributed by atoms with Crippen molar-refractivity contribution in [1.29, 1.82) is 0 Å². The maximum absolute atomic E-state index is 11.0. The van der Waals surface area contributed by atoms with Crippen molar-refractivity contribution in [2.24, 2.45) is 0 Å². The minimum Gasteiger partial charge on any atom is -0.480 e. The standard InChI is InChI=1S/C11H22O2S4/c1-2-3-4-5-6-7-8-10(14,15)11(16,17)9(12)13/h14-17H,2-8H2,1H3,(H,12,13). The number of thiol groups is 4. The third-order valence-corrected chi connectivity index (χ3v) is 5.71. The Labute approximate surface area is 126 Å². The zero-order chi connectivity index (χ0) is 13.5. The third-order valence-electron chi connectivity index (χ3n) is 2.74. The summed E-state index contributed by atoms with van der Waals surface area (Å²) < 4.78 is -2.54. The summed E-state index contributed by atoms with van der Waals surface area (Å²) in [7, 11) is 0. The second-order valence-electron chi connectivity index (χ2n) is 4.31. The fourth-order valence-corrected chi connectivity index (χ4v) is 2.23. The zero-order valence-corrected chi connectivity index (χ0v) is 13.7. The van der Waals surface area contributed by atoms with E-state index in [2.05, 4.69) is 57.4 Å². The lowest BCUT2D eigenvalue weighted by Crippen LogP contribution is -2.43. The van der Waals surface area contributed by atoms with Gasteiger partial charge >= 0.3 is 5.97 Å². The maximum Gasteiger partial charge on any atom is 0.331 e. The van der Waals surface area contributed by atoms with Gasteiger partial charge in [-0.3, -0.25) is 0 Å². The molecule has 0 aromatic carbocycles. The molecule has 0 aliphatic rings. The second kappa shape index (κ2) is 8.12. The largest absolute Gasteiger partial charge is 0.480 e. The van der Waals surface area contributed by atoms with Crippen molar-refractivity contribution >= 4 is 56.5 Å². The number of aliphatic carboxylic acids is 1. The molecule has 0 saturated heterocycles. The van der Waals surface area contributed by atoms with Gasteiger partial charge in [0.1, 0.15) is 0 Å². The van der Waals surface area contributed by atoms with Crippen molar-refractivity contribution in [2.45, 2.75) is 60.0 Å². The lowest BCUT2D eigenvalue weighted by Gasteiger charge is -2.34. The summed E-state index contributed by atoms with van der Waals surface area (Å²) in [6.45, 7) is 2.18. The van der Waals surface area contributed by atoms with Gasteiger partial charge in [0.15, 0.2) is 4.08 Å². The van der Waals surface area contributed by atoms with Crippen LogP contribution in [-0.2, 0) is 4.79 Å². The molecule has 0 aromatic rings. The Morgan fingerprint density at radius 2 is 1.47 bits per heavy atom. The van der Waals surface area contributed by atoms with Crippen LogP contribution < -0.4 is 0 Å². The van der Waals surface area contributed by atoms with E-state index >= 15 is 0 Å². The molecule has 0 radical (unpaired) electrons. The van der Waals surface area contributed by atoms with Crippen LogP contribution in [0.3, 0.4) is 0 Å². The molecule has 102 valence electrons. The molecular formula is C11H22O2S4. The molecule has 0 unspecified atom stereocenters. The summed E-state index contributed by atoms with van der Waals surface area (Å²) in [6.07, 6.45) is 7.42. The highest BCUT2D eigenvalue weighted by Crippen LogP contribution is 2.45. The predicted molar refractivity (Wildman–Crippen MR) is 87.0 cm³/mol. The smallest absolute Gasteiger partial charge is 0.331 e. The van der Waals surface area contributed by atoms with Crippen molar-refractivity contribution in [3.8, 4) is 0 Å². The zero-order valence-electron chi connectivity index (χ0n) is 10.1. The van der Waals surface area contributed by atoms with E-state index in [1.54, 1.807) is 0 Å². The van der Waals surface area contributed by atoms with E-state index < -0.39 is 14.1 Å². The van der Waals surface area contributed by atoms with Gasteiger partial charge in [-0.15, -0.1) is 25.3 Å². The third kappa shape index (κ3) is 6.03. The summed E-state index contributed by atoms with van der Waals surface area (Å²) in [5, 5.41) is 9.00. The Balaban J connectivity index is 3.98. The van der Waals surface area contributed by atoms with E-state index in [0.29, 0.717) is 6.42 Å². The molecule has 1 N–H and O–H groups in total. The van der Waals surface area contributed by atoms with Gasteiger partial charge in [-0.25, -0.2) is 4.79 Å². The highest BCUT2D eigenvalue weighted by molar-refractivity contribution is 8.09. The highest BCUT2D eigenvalue weighted by atomic mass is 32.2. The van der Waals surface area contributed by atoms with Crippen molar-refractivity contribution < 1.29 is 9.90 Å². The molecule has 0 heterocycles. The molecular weight excluding hydrogens is 292 g/mol. The van der Waals surface area contributed by atoms with Gasteiger partial charge in [0.25, 0.3) is 0 Å². The molecule has 0 aromatic heterocycles. The van der Waals surface area contributed by atoms with E-state index in [9.17, 15) is 4.79 Å². The van der Waals surface area contributed by atoms with Gasteiger partial charge in [-0.2, -0.15) is 25.3 Å². The molecule has 17 heavy (non-hydrogen) atoms. The van der Waals surface area contributed by atoms with E-state index in [-0.39, 0.29) is 0 Å². The molecule has 0 atom stereocenters. The molecule has 6 heteroatoms. The van der Waals surface area contributed by atoms with Crippen LogP contribution in [0.4, 0.5) is 0 Å². The van der Waals surface area contributed by atoms with E-state index in [0.717, 1.165) is 12.8 Å². The lowest BCUT2D eigenvalue weighted by molar-refractivity contribution is -0.137. The number of unbranched alkanes of at least 4 members (excludes halogenated alkanes) is 5. The van der Waals surface area contributed by atoms with Crippen molar-refractivity contribution in [3.63, 3.8) is 0 Å². The second-order valence-corrected chi connectivity index (χ2v) is 7.89. The van der Waals surface area contributed by atoms with Gasteiger partial charge in [0.05, 0.1) is 4.08 Å². The minimum atomic E-state index is -1.53. The predicted octanol–water partition coefficient (Wildman–Crippen LogP) is 3.93. The van der Waals surface area contributed by atoms with E-state index in [1.807, 2.05) is 0 Å². The van der Waals surface area contributed by atoms with Gasteiger partial charge in [-0.05, 0) is 6.42 Å². The average Bonchev–Trinajstić information content (AvgIpc) is 2.22. The molecule has 0 amide bonds. The van der Waals surface area contributed by atoms with Crippen LogP contribution in [0.2, 0.25) is 0 Å². The molecule has 0 saturated carbocycles. The van der Waals surface area contributed by atoms with Crippen LogP contribution in [-0.4, -0.2) is 19.2 Å². The Kier molecular flexibility index (Phi) is 8.54. The molecule has 0 fully saturated rings. The van der Waals surface area contributed by atoms with Crippen LogP contribution in [0.1, 0.15) is 51.9 Å². The summed E-state index contributed by atoms with van der Waals surface area (Å²) in [5.41, 5.74) is 0. The normalized spacial score (nSPS) is 12.8. The minimum absolute atomic E-state index is 0.574. The first-order chi connectivity index (χ1) is 7.75. The Hall–Kier alpha value is 0.870. The quantitative estimate of drug-likeness (QED) is 0.254. The number of hydrogen-bond donors (Lipinski definition) is 5.